The van der Waals surface area contributed by atoms with E-state index in [9.17, 15) is 0 Å². The van der Waals surface area contributed by atoms with Gasteiger partial charge in [0, 0.05) is 32.0 Å². The molecule has 2 N–H and O–H groups in total. The number of benzene rings is 1. The van der Waals surface area contributed by atoms with Gasteiger partial charge in [-0.2, -0.15) is 0 Å². The lowest BCUT2D eigenvalue weighted by atomic mass is 10.2. The summed E-state index contributed by atoms with van der Waals surface area (Å²) in [5.41, 5.74) is 2.13. The van der Waals surface area contributed by atoms with E-state index >= 15 is 0 Å². The van der Waals surface area contributed by atoms with Crippen LogP contribution in [0.25, 0.3) is 0 Å². The SMILES string of the molecule is CCNc1cncc(Nc2cccc(N(C)C)c2)n1. The normalized spacial score (nSPS) is 10.1. The Morgan fingerprint density at radius 3 is 2.68 bits per heavy atom. The minimum atomic E-state index is 0.731. The van der Waals surface area contributed by atoms with E-state index in [2.05, 4.69) is 37.6 Å². The lowest BCUT2D eigenvalue weighted by Gasteiger charge is -2.14. The first kappa shape index (κ1) is 13.1. The predicted molar refractivity (Wildman–Crippen MR) is 80.2 cm³/mol. The molecule has 0 bridgehead atoms. The maximum absolute atomic E-state index is 4.43. The molecule has 2 rings (SSSR count). The molecule has 0 aliphatic heterocycles. The van der Waals surface area contributed by atoms with Gasteiger partial charge in [0.2, 0.25) is 0 Å². The summed E-state index contributed by atoms with van der Waals surface area (Å²) >= 11 is 0. The van der Waals surface area contributed by atoms with Crippen molar-refractivity contribution < 1.29 is 0 Å². The van der Waals surface area contributed by atoms with E-state index < -0.39 is 0 Å². The molecule has 0 saturated heterocycles. The molecule has 0 atom stereocenters. The summed E-state index contributed by atoms with van der Waals surface area (Å²) in [7, 11) is 4.04. The number of aromatic nitrogens is 2. The standard InChI is InChI=1S/C14H19N5/c1-4-16-13-9-15-10-14(18-13)17-11-6-5-7-12(8-11)19(2)3/h5-10H,4H2,1-3H3,(H2,16,17,18). The van der Waals surface area contributed by atoms with E-state index in [4.69, 9.17) is 0 Å². The van der Waals surface area contributed by atoms with Crippen LogP contribution in [0.5, 0.6) is 0 Å². The zero-order chi connectivity index (χ0) is 13.7. The summed E-state index contributed by atoms with van der Waals surface area (Å²) in [6.07, 6.45) is 3.42. The molecule has 0 unspecified atom stereocenters. The smallest absolute Gasteiger partial charge is 0.151 e. The van der Waals surface area contributed by atoms with Crippen molar-refractivity contribution >= 4 is 23.0 Å². The number of anilines is 4. The Labute approximate surface area is 113 Å². The van der Waals surface area contributed by atoms with Crippen LogP contribution in [0.4, 0.5) is 23.0 Å². The zero-order valence-electron chi connectivity index (χ0n) is 11.5. The van der Waals surface area contributed by atoms with E-state index in [1.165, 1.54) is 0 Å². The number of hydrogen-bond acceptors (Lipinski definition) is 5. The highest BCUT2D eigenvalue weighted by Gasteiger charge is 2.01. The maximum Gasteiger partial charge on any atom is 0.151 e. The van der Waals surface area contributed by atoms with Crippen LogP contribution in [0.1, 0.15) is 6.92 Å². The molecule has 5 nitrogen and oxygen atoms in total. The molecular formula is C14H19N5. The van der Waals surface area contributed by atoms with Crippen molar-refractivity contribution in [3.05, 3.63) is 36.7 Å². The predicted octanol–water partition coefficient (Wildman–Crippen LogP) is 2.72. The van der Waals surface area contributed by atoms with Gasteiger partial charge in [-0.05, 0) is 25.1 Å². The third kappa shape index (κ3) is 3.58. The van der Waals surface area contributed by atoms with Crippen LogP contribution in [0.3, 0.4) is 0 Å². The summed E-state index contributed by atoms with van der Waals surface area (Å²) in [5, 5.41) is 6.40. The third-order valence-corrected chi connectivity index (χ3v) is 2.63. The number of nitrogens with one attached hydrogen (secondary N) is 2. The first-order chi connectivity index (χ1) is 9.19. The van der Waals surface area contributed by atoms with Gasteiger partial charge in [-0.3, -0.25) is 4.98 Å². The van der Waals surface area contributed by atoms with Gasteiger partial charge in [0.1, 0.15) is 5.82 Å². The molecule has 0 fully saturated rings. The molecule has 5 heteroatoms. The van der Waals surface area contributed by atoms with E-state index in [-0.39, 0.29) is 0 Å². The largest absolute Gasteiger partial charge is 0.378 e. The molecule has 1 aromatic heterocycles. The molecule has 1 heterocycles. The topological polar surface area (TPSA) is 53.1 Å². The molecule has 19 heavy (non-hydrogen) atoms. The molecule has 0 saturated carbocycles. The van der Waals surface area contributed by atoms with Crippen molar-refractivity contribution in [3.63, 3.8) is 0 Å². The molecule has 0 aliphatic rings. The molecule has 0 aliphatic carbocycles. The van der Waals surface area contributed by atoms with Gasteiger partial charge >= 0.3 is 0 Å². The summed E-state index contributed by atoms with van der Waals surface area (Å²) in [4.78, 5) is 10.7. The van der Waals surface area contributed by atoms with Crippen LogP contribution in [0.2, 0.25) is 0 Å². The minimum absolute atomic E-state index is 0.731. The van der Waals surface area contributed by atoms with Crippen LogP contribution in [-0.2, 0) is 0 Å². The van der Waals surface area contributed by atoms with Crippen molar-refractivity contribution in [1.29, 1.82) is 0 Å². The van der Waals surface area contributed by atoms with Gasteiger partial charge in [0.25, 0.3) is 0 Å². The highest BCUT2D eigenvalue weighted by molar-refractivity contribution is 5.63. The molecule has 0 spiro atoms. The average molecular weight is 257 g/mol. The highest BCUT2D eigenvalue weighted by Crippen LogP contribution is 2.20. The fourth-order valence-corrected chi connectivity index (χ4v) is 1.70. The summed E-state index contributed by atoms with van der Waals surface area (Å²) in [6, 6.07) is 8.15. The average Bonchev–Trinajstić information content (AvgIpc) is 2.40. The number of nitrogens with zero attached hydrogens (tertiary/aromatic N) is 3. The fourth-order valence-electron chi connectivity index (χ4n) is 1.70. The Hall–Kier alpha value is -2.30. The first-order valence-corrected chi connectivity index (χ1v) is 6.29. The quantitative estimate of drug-likeness (QED) is 0.862. The Balaban J connectivity index is 2.16. The monoisotopic (exact) mass is 257 g/mol. The van der Waals surface area contributed by atoms with Crippen molar-refractivity contribution in [2.45, 2.75) is 6.92 Å². The van der Waals surface area contributed by atoms with Crippen LogP contribution < -0.4 is 15.5 Å². The van der Waals surface area contributed by atoms with Gasteiger partial charge < -0.3 is 15.5 Å². The lowest BCUT2D eigenvalue weighted by Crippen LogP contribution is -2.08. The van der Waals surface area contributed by atoms with Crippen LogP contribution in [0, 0.1) is 0 Å². The third-order valence-electron chi connectivity index (χ3n) is 2.63. The highest BCUT2D eigenvalue weighted by atomic mass is 15.1. The molecule has 0 radical (unpaired) electrons. The second-order valence-corrected chi connectivity index (χ2v) is 4.39. The van der Waals surface area contributed by atoms with E-state index in [0.717, 1.165) is 29.6 Å². The van der Waals surface area contributed by atoms with Gasteiger partial charge in [0.05, 0.1) is 12.4 Å². The summed E-state index contributed by atoms with van der Waals surface area (Å²) in [5.74, 6) is 1.51. The van der Waals surface area contributed by atoms with Crippen molar-refractivity contribution in [1.82, 2.24) is 9.97 Å². The van der Waals surface area contributed by atoms with Gasteiger partial charge in [-0.15, -0.1) is 0 Å². The van der Waals surface area contributed by atoms with Gasteiger partial charge in [-0.1, -0.05) is 6.07 Å². The Morgan fingerprint density at radius 2 is 1.95 bits per heavy atom. The second-order valence-electron chi connectivity index (χ2n) is 4.39. The van der Waals surface area contributed by atoms with Crippen LogP contribution >= 0.6 is 0 Å². The van der Waals surface area contributed by atoms with Crippen LogP contribution in [-0.4, -0.2) is 30.6 Å². The first-order valence-electron chi connectivity index (χ1n) is 6.29. The van der Waals surface area contributed by atoms with Crippen molar-refractivity contribution in [3.8, 4) is 0 Å². The van der Waals surface area contributed by atoms with Crippen molar-refractivity contribution in [2.75, 3.05) is 36.2 Å². The van der Waals surface area contributed by atoms with E-state index in [1.807, 2.05) is 33.2 Å². The van der Waals surface area contributed by atoms with Crippen LogP contribution in [0.15, 0.2) is 36.7 Å². The van der Waals surface area contributed by atoms with Crippen molar-refractivity contribution in [2.24, 2.45) is 0 Å². The summed E-state index contributed by atoms with van der Waals surface area (Å²) < 4.78 is 0. The number of rotatable bonds is 5. The molecule has 1 aromatic carbocycles. The molecular weight excluding hydrogens is 238 g/mol. The fraction of sp³-hybridized carbons (Fsp3) is 0.286. The summed E-state index contributed by atoms with van der Waals surface area (Å²) in [6.45, 7) is 2.86. The molecule has 2 aromatic rings. The molecule has 100 valence electrons. The number of hydrogen-bond donors (Lipinski definition) is 2. The van der Waals surface area contributed by atoms with Gasteiger partial charge in [-0.25, -0.2) is 4.98 Å². The Morgan fingerprint density at radius 1 is 1.16 bits per heavy atom. The second kappa shape index (κ2) is 6.04. The minimum Gasteiger partial charge on any atom is -0.378 e. The zero-order valence-corrected chi connectivity index (χ0v) is 11.5. The van der Waals surface area contributed by atoms with E-state index in [0.29, 0.717) is 0 Å². The molecule has 0 amide bonds. The van der Waals surface area contributed by atoms with E-state index in [1.54, 1.807) is 12.4 Å². The Bertz CT molecular complexity index is 539. The maximum atomic E-state index is 4.43. The Kier molecular flexibility index (Phi) is 4.18. The lowest BCUT2D eigenvalue weighted by molar-refractivity contribution is 1.12. The van der Waals surface area contributed by atoms with Gasteiger partial charge in [0.15, 0.2) is 5.82 Å².